The highest BCUT2D eigenvalue weighted by Gasteiger charge is 2.04. The van der Waals surface area contributed by atoms with Gasteiger partial charge in [-0.1, -0.05) is 6.07 Å². The van der Waals surface area contributed by atoms with Gasteiger partial charge in [-0.05, 0) is 41.5 Å². The van der Waals surface area contributed by atoms with E-state index in [-0.39, 0.29) is 0 Å². The highest BCUT2D eigenvalue weighted by Crippen LogP contribution is 2.25. The molecule has 0 spiro atoms. The van der Waals surface area contributed by atoms with Crippen LogP contribution >= 0.6 is 0 Å². The van der Waals surface area contributed by atoms with E-state index in [0.29, 0.717) is 6.54 Å². The minimum Gasteiger partial charge on any atom is -0.357 e. The minimum atomic E-state index is 0.533. The molecule has 3 aromatic heterocycles. The van der Waals surface area contributed by atoms with Crippen LogP contribution in [0.3, 0.4) is 0 Å². The molecule has 0 amide bonds. The van der Waals surface area contributed by atoms with E-state index >= 15 is 0 Å². The van der Waals surface area contributed by atoms with Crippen LogP contribution < -0.4 is 5.73 Å². The minimum absolute atomic E-state index is 0.533. The van der Waals surface area contributed by atoms with Gasteiger partial charge in [-0.25, -0.2) is 4.98 Å². The number of benzene rings is 1. The summed E-state index contributed by atoms with van der Waals surface area (Å²) in [5.74, 6) is 0. The summed E-state index contributed by atoms with van der Waals surface area (Å²) in [5.41, 5.74) is 11.2. The first-order chi connectivity index (χ1) is 9.83. The van der Waals surface area contributed by atoms with Crippen LogP contribution in [-0.2, 0) is 6.54 Å². The Labute approximate surface area is 115 Å². The fraction of sp³-hybridized carbons (Fsp3) is 0.0625. The second kappa shape index (κ2) is 4.21. The monoisotopic (exact) mass is 262 g/mol. The van der Waals surface area contributed by atoms with Crippen molar-refractivity contribution in [2.24, 2.45) is 5.73 Å². The molecule has 0 radical (unpaired) electrons. The van der Waals surface area contributed by atoms with Crippen LogP contribution in [0.5, 0.6) is 0 Å². The average Bonchev–Trinajstić information content (AvgIpc) is 3.11. The summed E-state index contributed by atoms with van der Waals surface area (Å²) in [7, 11) is 0. The Morgan fingerprint density at radius 2 is 2.00 bits per heavy atom. The molecule has 1 aromatic carbocycles. The first-order valence-electron chi connectivity index (χ1n) is 6.58. The molecule has 3 heterocycles. The molecule has 0 bridgehead atoms. The number of H-pyrrole nitrogens is 1. The molecule has 4 aromatic rings. The number of pyridine rings is 1. The third-order valence-electron chi connectivity index (χ3n) is 3.62. The van der Waals surface area contributed by atoms with Crippen LogP contribution in [0, 0.1) is 0 Å². The molecule has 0 fully saturated rings. The van der Waals surface area contributed by atoms with E-state index in [1.807, 2.05) is 22.9 Å². The van der Waals surface area contributed by atoms with Gasteiger partial charge in [-0.15, -0.1) is 0 Å². The number of nitrogens with one attached hydrogen (secondary N) is 1. The van der Waals surface area contributed by atoms with Gasteiger partial charge in [0.05, 0.1) is 0 Å². The van der Waals surface area contributed by atoms with Gasteiger partial charge in [-0.2, -0.15) is 0 Å². The van der Waals surface area contributed by atoms with Crippen molar-refractivity contribution in [1.82, 2.24) is 14.4 Å². The van der Waals surface area contributed by atoms with E-state index < -0.39 is 0 Å². The number of aromatic amines is 1. The van der Waals surface area contributed by atoms with Crippen LogP contribution in [0.2, 0.25) is 0 Å². The van der Waals surface area contributed by atoms with Crippen LogP contribution in [0.15, 0.2) is 55.0 Å². The van der Waals surface area contributed by atoms with E-state index in [1.165, 1.54) is 16.5 Å². The van der Waals surface area contributed by atoms with Crippen LogP contribution in [-0.4, -0.2) is 14.4 Å². The highest BCUT2D eigenvalue weighted by molar-refractivity contribution is 5.85. The maximum Gasteiger partial charge on any atom is 0.136 e. The molecule has 4 rings (SSSR count). The van der Waals surface area contributed by atoms with Crippen molar-refractivity contribution in [3.63, 3.8) is 0 Å². The van der Waals surface area contributed by atoms with E-state index in [2.05, 4.69) is 46.5 Å². The number of imidazole rings is 1. The quantitative estimate of drug-likeness (QED) is 0.583. The lowest BCUT2D eigenvalue weighted by atomic mass is 10.1. The molecule has 3 N–H and O–H groups in total. The molecular formula is C16H14N4. The molecule has 0 unspecified atom stereocenters. The normalized spacial score (nSPS) is 11.4. The summed E-state index contributed by atoms with van der Waals surface area (Å²) >= 11 is 0. The Morgan fingerprint density at radius 1 is 1.10 bits per heavy atom. The maximum absolute atomic E-state index is 5.67. The van der Waals surface area contributed by atoms with Crippen LogP contribution in [0.25, 0.3) is 27.7 Å². The fourth-order valence-electron chi connectivity index (χ4n) is 2.57. The number of hydrogen-bond donors (Lipinski definition) is 2. The largest absolute Gasteiger partial charge is 0.357 e. The highest BCUT2D eigenvalue weighted by atomic mass is 15.0. The van der Waals surface area contributed by atoms with E-state index in [4.69, 9.17) is 5.73 Å². The van der Waals surface area contributed by atoms with Crippen molar-refractivity contribution < 1.29 is 0 Å². The van der Waals surface area contributed by atoms with Crippen molar-refractivity contribution in [1.29, 1.82) is 0 Å². The fourth-order valence-corrected chi connectivity index (χ4v) is 2.57. The van der Waals surface area contributed by atoms with Gasteiger partial charge in [0.25, 0.3) is 0 Å². The summed E-state index contributed by atoms with van der Waals surface area (Å²) in [6.07, 6.45) is 5.86. The van der Waals surface area contributed by atoms with E-state index in [1.54, 1.807) is 0 Å². The number of hydrogen-bond acceptors (Lipinski definition) is 2. The molecule has 20 heavy (non-hydrogen) atoms. The third kappa shape index (κ3) is 1.70. The summed E-state index contributed by atoms with van der Waals surface area (Å²) in [6, 6.07) is 12.6. The van der Waals surface area contributed by atoms with Gasteiger partial charge >= 0.3 is 0 Å². The summed E-state index contributed by atoms with van der Waals surface area (Å²) in [6.45, 7) is 0.533. The van der Waals surface area contributed by atoms with Gasteiger partial charge in [0.2, 0.25) is 0 Å². The zero-order valence-corrected chi connectivity index (χ0v) is 10.9. The third-order valence-corrected chi connectivity index (χ3v) is 3.62. The zero-order valence-electron chi connectivity index (χ0n) is 10.9. The lowest BCUT2D eigenvalue weighted by Gasteiger charge is -2.03. The van der Waals surface area contributed by atoms with Gasteiger partial charge in [0, 0.05) is 41.7 Å². The first kappa shape index (κ1) is 11.3. The second-order valence-corrected chi connectivity index (χ2v) is 4.91. The predicted molar refractivity (Wildman–Crippen MR) is 80.4 cm³/mol. The summed E-state index contributed by atoms with van der Waals surface area (Å²) < 4.78 is 2.03. The molecule has 4 heteroatoms. The first-order valence-corrected chi connectivity index (χ1v) is 6.58. The van der Waals surface area contributed by atoms with E-state index in [0.717, 1.165) is 16.9 Å². The molecule has 0 aliphatic rings. The number of fused-ring (bicyclic) bond motifs is 2. The standard InChI is InChI=1S/C16H14N4/c17-9-14-8-13-7-11(1-3-15(13)19-14)12-2-4-16-18-5-6-20(16)10-12/h1-8,10,19H,9,17H2. The molecule has 4 nitrogen and oxygen atoms in total. The average molecular weight is 262 g/mol. The molecule has 0 aliphatic heterocycles. The number of rotatable bonds is 2. The van der Waals surface area contributed by atoms with Crippen molar-refractivity contribution in [3.05, 3.63) is 60.7 Å². The topological polar surface area (TPSA) is 59.1 Å². The number of nitrogens with two attached hydrogens (primary N) is 1. The molecule has 0 aliphatic carbocycles. The maximum atomic E-state index is 5.67. The molecular weight excluding hydrogens is 248 g/mol. The molecule has 0 saturated carbocycles. The van der Waals surface area contributed by atoms with Crippen molar-refractivity contribution in [3.8, 4) is 11.1 Å². The van der Waals surface area contributed by atoms with Crippen LogP contribution in [0.1, 0.15) is 5.69 Å². The molecule has 0 saturated heterocycles. The van der Waals surface area contributed by atoms with E-state index in [9.17, 15) is 0 Å². The van der Waals surface area contributed by atoms with Crippen LogP contribution in [0.4, 0.5) is 0 Å². The number of nitrogens with zero attached hydrogens (tertiary/aromatic N) is 2. The van der Waals surface area contributed by atoms with Gasteiger partial charge in [-0.3, -0.25) is 0 Å². The zero-order chi connectivity index (χ0) is 13.5. The van der Waals surface area contributed by atoms with Gasteiger partial charge in [0.1, 0.15) is 5.65 Å². The lowest BCUT2D eigenvalue weighted by molar-refractivity contribution is 1.02. The molecule has 98 valence electrons. The Morgan fingerprint density at radius 3 is 2.90 bits per heavy atom. The lowest BCUT2D eigenvalue weighted by Crippen LogP contribution is -1.94. The van der Waals surface area contributed by atoms with Gasteiger partial charge in [0.15, 0.2) is 0 Å². The number of aromatic nitrogens is 3. The Kier molecular flexibility index (Phi) is 2.37. The summed E-state index contributed by atoms with van der Waals surface area (Å²) in [4.78, 5) is 7.57. The van der Waals surface area contributed by atoms with Gasteiger partial charge < -0.3 is 15.1 Å². The molecule has 0 atom stereocenters. The summed E-state index contributed by atoms with van der Waals surface area (Å²) in [5, 5.41) is 1.19. The Bertz CT molecular complexity index is 901. The predicted octanol–water partition coefficient (Wildman–Crippen LogP) is 2.94. The Balaban J connectivity index is 1.87. The van der Waals surface area contributed by atoms with Crippen molar-refractivity contribution in [2.45, 2.75) is 6.54 Å². The second-order valence-electron chi connectivity index (χ2n) is 4.91. The smallest absolute Gasteiger partial charge is 0.136 e. The Hall–Kier alpha value is -2.59. The van der Waals surface area contributed by atoms with Crippen molar-refractivity contribution in [2.75, 3.05) is 0 Å². The SMILES string of the molecule is NCc1cc2cc(-c3ccc4nccn4c3)ccc2[nH]1. The van der Waals surface area contributed by atoms with Crippen molar-refractivity contribution >= 4 is 16.6 Å².